The number of ether oxygens (including phenoxy) is 1. The molecule has 1 fully saturated rings. The van der Waals surface area contributed by atoms with Crippen LogP contribution in [0.25, 0.3) is 11.4 Å². The van der Waals surface area contributed by atoms with Crippen LogP contribution in [-0.2, 0) is 11.3 Å². The number of tetrazole rings is 1. The van der Waals surface area contributed by atoms with Gasteiger partial charge in [0.2, 0.25) is 0 Å². The summed E-state index contributed by atoms with van der Waals surface area (Å²) in [5.41, 5.74) is 7.43. The smallest absolute Gasteiger partial charge is 0.183 e. The van der Waals surface area contributed by atoms with Gasteiger partial charge in [-0.1, -0.05) is 15.9 Å². The van der Waals surface area contributed by atoms with Crippen molar-refractivity contribution < 1.29 is 4.74 Å². The van der Waals surface area contributed by atoms with Crippen LogP contribution >= 0.6 is 15.9 Å². The molecule has 1 aliphatic rings. The Balaban J connectivity index is 1.61. The van der Waals surface area contributed by atoms with Gasteiger partial charge in [0.1, 0.15) is 0 Å². The average Bonchev–Trinajstić information content (AvgIpc) is 3.18. The highest BCUT2D eigenvalue weighted by molar-refractivity contribution is 9.10. The van der Waals surface area contributed by atoms with Gasteiger partial charge in [-0.05, 0) is 53.8 Å². The molecule has 0 radical (unpaired) electrons. The SMILES string of the molecule is Nc1ccc(Br)c(-c2nnnn2CCCOCC2CC2)c1. The Hall–Kier alpha value is -1.47. The average molecular weight is 352 g/mol. The normalized spacial score (nSPS) is 14.5. The molecule has 1 saturated carbocycles. The Morgan fingerprint density at radius 1 is 1.38 bits per heavy atom. The van der Waals surface area contributed by atoms with E-state index >= 15 is 0 Å². The van der Waals surface area contributed by atoms with Crippen LogP contribution in [0.4, 0.5) is 5.69 Å². The van der Waals surface area contributed by atoms with Crippen molar-refractivity contribution in [3.63, 3.8) is 0 Å². The van der Waals surface area contributed by atoms with Crippen molar-refractivity contribution in [2.24, 2.45) is 5.92 Å². The first-order valence-corrected chi connectivity index (χ1v) is 7.92. The van der Waals surface area contributed by atoms with Crippen molar-refractivity contribution >= 4 is 21.6 Å². The van der Waals surface area contributed by atoms with E-state index < -0.39 is 0 Å². The van der Waals surface area contributed by atoms with Crippen molar-refractivity contribution in [2.75, 3.05) is 18.9 Å². The largest absolute Gasteiger partial charge is 0.399 e. The lowest BCUT2D eigenvalue weighted by molar-refractivity contribution is 0.118. The minimum Gasteiger partial charge on any atom is -0.399 e. The molecule has 0 saturated heterocycles. The van der Waals surface area contributed by atoms with E-state index in [1.165, 1.54) is 12.8 Å². The molecule has 2 aromatic rings. The van der Waals surface area contributed by atoms with Crippen LogP contribution in [0.2, 0.25) is 0 Å². The molecule has 0 amide bonds. The fourth-order valence-electron chi connectivity index (χ4n) is 2.11. The van der Waals surface area contributed by atoms with Gasteiger partial charge in [-0.2, -0.15) is 0 Å². The predicted molar refractivity (Wildman–Crippen MR) is 83.5 cm³/mol. The molecule has 2 N–H and O–H groups in total. The van der Waals surface area contributed by atoms with Crippen LogP contribution in [0, 0.1) is 5.92 Å². The van der Waals surface area contributed by atoms with Gasteiger partial charge in [0.25, 0.3) is 0 Å². The quantitative estimate of drug-likeness (QED) is 0.612. The molecule has 0 aliphatic heterocycles. The Bertz CT molecular complexity index is 611. The topological polar surface area (TPSA) is 78.9 Å². The maximum absolute atomic E-state index is 5.84. The lowest BCUT2D eigenvalue weighted by atomic mass is 10.2. The fourth-order valence-corrected chi connectivity index (χ4v) is 2.54. The monoisotopic (exact) mass is 351 g/mol. The standard InChI is InChI=1S/C14H18BrN5O/c15-13-5-4-11(16)8-12(13)14-17-18-19-20(14)6-1-7-21-9-10-2-3-10/h4-5,8,10H,1-3,6-7,9,16H2. The fraction of sp³-hybridized carbons (Fsp3) is 0.500. The van der Waals surface area contributed by atoms with E-state index in [-0.39, 0.29) is 0 Å². The zero-order chi connectivity index (χ0) is 14.7. The number of rotatable bonds is 7. The Kier molecular flexibility index (Phi) is 4.50. The molecule has 1 heterocycles. The first-order chi connectivity index (χ1) is 10.2. The van der Waals surface area contributed by atoms with Gasteiger partial charge >= 0.3 is 0 Å². The third-order valence-electron chi connectivity index (χ3n) is 3.47. The van der Waals surface area contributed by atoms with Crippen LogP contribution in [0.1, 0.15) is 19.3 Å². The van der Waals surface area contributed by atoms with Crippen molar-refractivity contribution in [3.8, 4) is 11.4 Å². The second-order valence-electron chi connectivity index (χ2n) is 5.34. The molecule has 1 aromatic heterocycles. The Morgan fingerprint density at radius 3 is 3.05 bits per heavy atom. The lowest BCUT2D eigenvalue weighted by Crippen LogP contribution is -2.07. The summed E-state index contributed by atoms with van der Waals surface area (Å²) >= 11 is 3.51. The summed E-state index contributed by atoms with van der Waals surface area (Å²) in [7, 11) is 0. The van der Waals surface area contributed by atoms with Crippen molar-refractivity contribution in [1.82, 2.24) is 20.2 Å². The third kappa shape index (κ3) is 3.79. The molecule has 21 heavy (non-hydrogen) atoms. The second kappa shape index (κ2) is 6.53. The molecule has 0 bridgehead atoms. The second-order valence-corrected chi connectivity index (χ2v) is 6.19. The minimum atomic E-state index is 0.690. The molecular formula is C14H18BrN5O. The van der Waals surface area contributed by atoms with Crippen molar-refractivity contribution in [3.05, 3.63) is 22.7 Å². The van der Waals surface area contributed by atoms with Crippen LogP contribution in [0.3, 0.4) is 0 Å². The minimum absolute atomic E-state index is 0.690. The van der Waals surface area contributed by atoms with E-state index in [1.54, 1.807) is 4.68 Å². The highest BCUT2D eigenvalue weighted by atomic mass is 79.9. The molecule has 0 spiro atoms. The maximum atomic E-state index is 5.84. The summed E-state index contributed by atoms with van der Waals surface area (Å²) in [6.07, 6.45) is 3.53. The molecule has 112 valence electrons. The molecule has 1 aliphatic carbocycles. The van der Waals surface area contributed by atoms with Crippen molar-refractivity contribution in [1.29, 1.82) is 0 Å². The maximum Gasteiger partial charge on any atom is 0.183 e. The van der Waals surface area contributed by atoms with Crippen LogP contribution in [-0.4, -0.2) is 33.4 Å². The van der Waals surface area contributed by atoms with E-state index in [9.17, 15) is 0 Å². The number of nitrogens with zero attached hydrogens (tertiary/aromatic N) is 4. The number of halogens is 1. The number of benzene rings is 1. The molecule has 3 rings (SSSR count). The molecule has 1 aromatic carbocycles. The molecule has 6 nitrogen and oxygen atoms in total. The number of aryl methyl sites for hydroxylation is 1. The van der Waals surface area contributed by atoms with E-state index in [1.807, 2.05) is 18.2 Å². The van der Waals surface area contributed by atoms with Gasteiger partial charge in [0, 0.05) is 35.5 Å². The molecule has 0 atom stereocenters. The Labute approximate surface area is 131 Å². The van der Waals surface area contributed by atoms with Gasteiger partial charge in [-0.25, -0.2) is 4.68 Å². The van der Waals surface area contributed by atoms with Gasteiger partial charge < -0.3 is 10.5 Å². The number of nitrogen functional groups attached to an aromatic ring is 1. The first-order valence-electron chi connectivity index (χ1n) is 7.13. The number of hydrogen-bond donors (Lipinski definition) is 1. The molecule has 0 unspecified atom stereocenters. The summed E-state index contributed by atoms with van der Waals surface area (Å²) in [5.74, 6) is 1.52. The zero-order valence-electron chi connectivity index (χ0n) is 11.7. The van der Waals surface area contributed by atoms with Crippen LogP contribution < -0.4 is 5.73 Å². The summed E-state index contributed by atoms with van der Waals surface area (Å²) in [4.78, 5) is 0. The summed E-state index contributed by atoms with van der Waals surface area (Å²) in [5, 5.41) is 11.9. The Morgan fingerprint density at radius 2 is 2.24 bits per heavy atom. The van der Waals surface area contributed by atoms with Gasteiger partial charge in [-0.3, -0.25) is 0 Å². The number of nitrogens with two attached hydrogens (primary N) is 1. The molecular weight excluding hydrogens is 334 g/mol. The lowest BCUT2D eigenvalue weighted by Gasteiger charge is -2.07. The van der Waals surface area contributed by atoms with Crippen LogP contribution in [0.5, 0.6) is 0 Å². The van der Waals surface area contributed by atoms with Crippen molar-refractivity contribution in [2.45, 2.75) is 25.8 Å². The van der Waals surface area contributed by atoms with Gasteiger partial charge in [0.05, 0.1) is 0 Å². The summed E-state index contributed by atoms with van der Waals surface area (Å²) in [6, 6.07) is 5.62. The highest BCUT2D eigenvalue weighted by Gasteiger charge is 2.21. The zero-order valence-corrected chi connectivity index (χ0v) is 13.3. The third-order valence-corrected chi connectivity index (χ3v) is 4.16. The first kappa shape index (κ1) is 14.5. The van der Waals surface area contributed by atoms with Crippen LogP contribution in [0.15, 0.2) is 22.7 Å². The predicted octanol–water partition coefficient (Wildman–Crippen LogP) is 2.50. The van der Waals surface area contributed by atoms with E-state index in [4.69, 9.17) is 10.5 Å². The van der Waals surface area contributed by atoms with E-state index in [0.29, 0.717) is 5.69 Å². The number of hydrogen-bond acceptors (Lipinski definition) is 5. The van der Waals surface area contributed by atoms with E-state index in [2.05, 4.69) is 31.5 Å². The highest BCUT2D eigenvalue weighted by Crippen LogP contribution is 2.29. The van der Waals surface area contributed by atoms with Gasteiger partial charge in [-0.15, -0.1) is 5.10 Å². The van der Waals surface area contributed by atoms with E-state index in [0.717, 1.165) is 48.0 Å². The molecule has 7 heteroatoms. The summed E-state index contributed by atoms with van der Waals surface area (Å²) in [6.45, 7) is 2.37. The van der Waals surface area contributed by atoms with Gasteiger partial charge in [0.15, 0.2) is 5.82 Å². The number of aromatic nitrogens is 4. The number of anilines is 1. The summed E-state index contributed by atoms with van der Waals surface area (Å²) < 4.78 is 8.35.